The molecule has 0 aromatic rings. The lowest BCUT2D eigenvalue weighted by Crippen LogP contribution is -2.51. The molecule has 0 unspecified atom stereocenters. The standard InChI is InChI=1S/C12H24N2O4/c1-8(2)9(10(16)13-6-7-15)14-11(17)18-12(3,4)5/h8-9,15H,6-7H2,1-5H3,(H,13,16)(H,14,17)/t9-/m1/s1. The molecular weight excluding hydrogens is 236 g/mol. The van der Waals surface area contributed by atoms with Gasteiger partial charge < -0.3 is 20.5 Å². The van der Waals surface area contributed by atoms with Crippen LogP contribution < -0.4 is 10.6 Å². The number of nitrogens with one attached hydrogen (secondary N) is 2. The van der Waals surface area contributed by atoms with E-state index in [1.807, 2.05) is 13.8 Å². The molecule has 18 heavy (non-hydrogen) atoms. The Kier molecular flexibility index (Phi) is 6.68. The number of ether oxygens (including phenoxy) is 1. The van der Waals surface area contributed by atoms with Gasteiger partial charge in [-0.15, -0.1) is 0 Å². The van der Waals surface area contributed by atoms with Crippen LogP contribution in [0.3, 0.4) is 0 Å². The van der Waals surface area contributed by atoms with Crippen LogP contribution in [-0.2, 0) is 9.53 Å². The summed E-state index contributed by atoms with van der Waals surface area (Å²) in [6, 6.07) is -0.675. The van der Waals surface area contributed by atoms with Crippen LogP contribution in [0.4, 0.5) is 4.79 Å². The molecule has 6 nitrogen and oxygen atoms in total. The number of aliphatic hydroxyl groups excluding tert-OH is 1. The summed E-state index contributed by atoms with van der Waals surface area (Å²) in [6.45, 7) is 8.93. The topological polar surface area (TPSA) is 87.7 Å². The normalized spacial score (nSPS) is 13.1. The van der Waals surface area contributed by atoms with Crippen LogP contribution in [0, 0.1) is 5.92 Å². The number of aliphatic hydroxyl groups is 1. The molecule has 0 aliphatic carbocycles. The SMILES string of the molecule is CC(C)[C@@H](NC(=O)OC(C)(C)C)C(=O)NCCO. The number of amides is 2. The highest BCUT2D eigenvalue weighted by molar-refractivity contribution is 5.85. The van der Waals surface area contributed by atoms with Crippen LogP contribution in [0.2, 0.25) is 0 Å². The second-order valence-corrected chi connectivity index (χ2v) is 5.38. The molecule has 0 heterocycles. The molecule has 1 atom stereocenters. The van der Waals surface area contributed by atoms with Gasteiger partial charge in [0.1, 0.15) is 11.6 Å². The quantitative estimate of drug-likeness (QED) is 0.677. The molecule has 0 aliphatic rings. The molecule has 0 fully saturated rings. The van der Waals surface area contributed by atoms with Crippen LogP contribution >= 0.6 is 0 Å². The zero-order valence-electron chi connectivity index (χ0n) is 11.7. The van der Waals surface area contributed by atoms with Crippen LogP contribution in [0.5, 0.6) is 0 Å². The van der Waals surface area contributed by atoms with Crippen molar-refractivity contribution in [2.24, 2.45) is 5.92 Å². The van der Waals surface area contributed by atoms with Gasteiger partial charge in [-0.2, -0.15) is 0 Å². The van der Waals surface area contributed by atoms with Gasteiger partial charge in [0.25, 0.3) is 0 Å². The van der Waals surface area contributed by atoms with E-state index in [0.29, 0.717) is 0 Å². The smallest absolute Gasteiger partial charge is 0.408 e. The Morgan fingerprint density at radius 2 is 1.83 bits per heavy atom. The Labute approximate surface area is 108 Å². The molecule has 0 radical (unpaired) electrons. The molecule has 0 saturated heterocycles. The van der Waals surface area contributed by atoms with Crippen LogP contribution in [0.25, 0.3) is 0 Å². The number of hydrogen-bond donors (Lipinski definition) is 3. The van der Waals surface area contributed by atoms with Gasteiger partial charge in [-0.3, -0.25) is 4.79 Å². The number of alkyl carbamates (subject to hydrolysis) is 1. The van der Waals surface area contributed by atoms with E-state index in [0.717, 1.165) is 0 Å². The summed E-state index contributed by atoms with van der Waals surface area (Å²) in [5.41, 5.74) is -0.604. The van der Waals surface area contributed by atoms with E-state index in [2.05, 4.69) is 10.6 Å². The summed E-state index contributed by atoms with van der Waals surface area (Å²) < 4.78 is 5.09. The molecule has 0 spiro atoms. The highest BCUT2D eigenvalue weighted by atomic mass is 16.6. The van der Waals surface area contributed by atoms with E-state index in [1.165, 1.54) is 0 Å². The van der Waals surface area contributed by atoms with Crippen molar-refractivity contribution in [3.63, 3.8) is 0 Å². The third-order valence-electron chi connectivity index (χ3n) is 2.03. The van der Waals surface area contributed by atoms with Crippen molar-refractivity contribution in [3.05, 3.63) is 0 Å². The van der Waals surface area contributed by atoms with Gasteiger partial charge in [-0.25, -0.2) is 4.79 Å². The summed E-state index contributed by atoms with van der Waals surface area (Å²) in [4.78, 5) is 23.3. The van der Waals surface area contributed by atoms with E-state index < -0.39 is 17.7 Å². The summed E-state index contributed by atoms with van der Waals surface area (Å²) in [5.74, 6) is -0.402. The van der Waals surface area contributed by atoms with Gasteiger partial charge in [0.05, 0.1) is 6.61 Å². The molecule has 0 aromatic carbocycles. The molecule has 0 aromatic heterocycles. The molecule has 0 rings (SSSR count). The number of carbonyl (C=O) groups is 2. The fourth-order valence-electron chi connectivity index (χ4n) is 1.26. The maximum Gasteiger partial charge on any atom is 0.408 e. The third-order valence-corrected chi connectivity index (χ3v) is 2.03. The van der Waals surface area contributed by atoms with Gasteiger partial charge in [0, 0.05) is 6.54 Å². The lowest BCUT2D eigenvalue weighted by atomic mass is 10.0. The van der Waals surface area contributed by atoms with E-state index >= 15 is 0 Å². The highest BCUT2D eigenvalue weighted by Gasteiger charge is 2.26. The minimum atomic E-state index is -0.675. The average molecular weight is 260 g/mol. The number of hydrogen-bond acceptors (Lipinski definition) is 4. The molecule has 3 N–H and O–H groups in total. The summed E-state index contributed by atoms with van der Waals surface area (Å²) in [5, 5.41) is 13.7. The van der Waals surface area contributed by atoms with Crippen molar-refractivity contribution in [2.75, 3.05) is 13.2 Å². The van der Waals surface area contributed by atoms with Crippen LogP contribution in [-0.4, -0.2) is 41.9 Å². The summed E-state index contributed by atoms with van der Waals surface area (Å²) >= 11 is 0. The molecule has 6 heteroatoms. The first-order valence-corrected chi connectivity index (χ1v) is 6.05. The lowest BCUT2D eigenvalue weighted by Gasteiger charge is -2.25. The second kappa shape index (κ2) is 7.20. The Morgan fingerprint density at radius 1 is 1.28 bits per heavy atom. The van der Waals surface area contributed by atoms with Gasteiger partial charge >= 0.3 is 6.09 Å². The van der Waals surface area contributed by atoms with Crippen molar-refractivity contribution in [1.29, 1.82) is 0 Å². The van der Waals surface area contributed by atoms with E-state index in [4.69, 9.17) is 9.84 Å². The Balaban J connectivity index is 4.45. The number of carbonyl (C=O) groups excluding carboxylic acids is 2. The molecule has 106 valence electrons. The predicted molar refractivity (Wildman–Crippen MR) is 68.1 cm³/mol. The van der Waals surface area contributed by atoms with Crippen molar-refractivity contribution in [2.45, 2.75) is 46.3 Å². The average Bonchev–Trinajstić information content (AvgIpc) is 2.19. The molecule has 0 bridgehead atoms. The molecular formula is C12H24N2O4. The summed E-state index contributed by atoms with van der Waals surface area (Å²) in [6.07, 6.45) is -0.625. The van der Waals surface area contributed by atoms with E-state index in [9.17, 15) is 9.59 Å². The van der Waals surface area contributed by atoms with Gasteiger partial charge in [0.15, 0.2) is 0 Å². The first kappa shape index (κ1) is 16.7. The highest BCUT2D eigenvalue weighted by Crippen LogP contribution is 2.08. The van der Waals surface area contributed by atoms with E-state index in [-0.39, 0.29) is 25.0 Å². The second-order valence-electron chi connectivity index (χ2n) is 5.38. The minimum absolute atomic E-state index is 0.0730. The zero-order chi connectivity index (χ0) is 14.3. The fraction of sp³-hybridized carbons (Fsp3) is 0.833. The van der Waals surface area contributed by atoms with Crippen molar-refractivity contribution >= 4 is 12.0 Å². The largest absolute Gasteiger partial charge is 0.444 e. The predicted octanol–water partition coefficient (Wildman–Crippen LogP) is 0.644. The summed E-state index contributed by atoms with van der Waals surface area (Å²) in [7, 11) is 0. The van der Waals surface area contributed by atoms with Crippen molar-refractivity contribution in [1.82, 2.24) is 10.6 Å². The van der Waals surface area contributed by atoms with E-state index in [1.54, 1.807) is 20.8 Å². The maximum atomic E-state index is 11.8. The monoisotopic (exact) mass is 260 g/mol. The zero-order valence-corrected chi connectivity index (χ0v) is 11.7. The van der Waals surface area contributed by atoms with Gasteiger partial charge in [-0.1, -0.05) is 13.8 Å². The van der Waals surface area contributed by atoms with Crippen molar-refractivity contribution in [3.8, 4) is 0 Å². The Morgan fingerprint density at radius 3 is 2.22 bits per heavy atom. The maximum absolute atomic E-state index is 11.8. The first-order valence-electron chi connectivity index (χ1n) is 6.05. The number of rotatable bonds is 5. The Hall–Kier alpha value is -1.30. The first-order chi connectivity index (χ1) is 8.17. The van der Waals surface area contributed by atoms with Crippen LogP contribution in [0.1, 0.15) is 34.6 Å². The van der Waals surface area contributed by atoms with Crippen LogP contribution in [0.15, 0.2) is 0 Å². The molecule has 2 amide bonds. The molecule has 0 aliphatic heterocycles. The minimum Gasteiger partial charge on any atom is -0.444 e. The lowest BCUT2D eigenvalue weighted by molar-refractivity contribution is -0.124. The van der Waals surface area contributed by atoms with Gasteiger partial charge in [0.2, 0.25) is 5.91 Å². The Bertz CT molecular complexity index is 284. The van der Waals surface area contributed by atoms with Gasteiger partial charge in [-0.05, 0) is 26.7 Å². The third kappa shape index (κ3) is 7.11. The molecule has 0 saturated carbocycles. The fourth-order valence-corrected chi connectivity index (χ4v) is 1.26. The van der Waals surface area contributed by atoms with Crippen molar-refractivity contribution < 1.29 is 19.4 Å².